The van der Waals surface area contributed by atoms with Crippen LogP contribution >= 0.6 is 0 Å². The highest BCUT2D eigenvalue weighted by molar-refractivity contribution is 5.31. The Labute approximate surface area is 92.2 Å². The van der Waals surface area contributed by atoms with Crippen LogP contribution in [0, 0.1) is 0 Å². The van der Waals surface area contributed by atoms with E-state index >= 15 is 0 Å². The van der Waals surface area contributed by atoms with Crippen LogP contribution in [0.1, 0.15) is 36.5 Å². The molecule has 0 spiro atoms. The highest BCUT2D eigenvalue weighted by Crippen LogP contribution is 2.38. The van der Waals surface area contributed by atoms with E-state index in [4.69, 9.17) is 4.74 Å². The minimum absolute atomic E-state index is 0.273. The highest BCUT2D eigenvalue weighted by Gasteiger charge is 2.35. The molecule has 4 heteroatoms. The van der Waals surface area contributed by atoms with Crippen LogP contribution in [0.2, 0.25) is 0 Å². The summed E-state index contributed by atoms with van der Waals surface area (Å²) in [6.45, 7) is 0.552. The van der Waals surface area contributed by atoms with Gasteiger partial charge in [0.05, 0.1) is 11.7 Å². The number of benzene rings is 1. The van der Waals surface area contributed by atoms with E-state index in [-0.39, 0.29) is 5.56 Å². The van der Waals surface area contributed by atoms with Crippen molar-refractivity contribution in [2.75, 3.05) is 6.61 Å². The third-order valence-corrected chi connectivity index (χ3v) is 2.79. The molecule has 2 rings (SSSR count). The smallest absolute Gasteiger partial charge is 0.374 e. The Morgan fingerprint density at radius 2 is 1.88 bits per heavy atom. The van der Waals surface area contributed by atoms with E-state index in [2.05, 4.69) is 0 Å². The summed E-state index contributed by atoms with van der Waals surface area (Å²) in [4.78, 5) is 0. The second kappa shape index (κ2) is 4.45. The number of hydrogen-bond acceptors (Lipinski definition) is 1. The van der Waals surface area contributed by atoms with E-state index in [1.54, 1.807) is 6.07 Å². The molecular weight excluding hydrogens is 217 g/mol. The molecule has 0 amide bonds. The average molecular weight is 230 g/mol. The number of halogens is 3. The lowest BCUT2D eigenvalue weighted by atomic mass is 9.96. The minimum Gasteiger partial charge on any atom is -0.374 e. The van der Waals surface area contributed by atoms with Crippen molar-refractivity contribution in [2.45, 2.75) is 31.5 Å². The molecule has 1 saturated heterocycles. The molecule has 1 unspecified atom stereocenters. The lowest BCUT2D eigenvalue weighted by Crippen LogP contribution is -2.17. The summed E-state index contributed by atoms with van der Waals surface area (Å²) >= 11 is 0. The predicted molar refractivity (Wildman–Crippen MR) is 54.0 cm³/mol. The Kier molecular flexibility index (Phi) is 3.19. The Bertz CT molecular complexity index is 354. The first-order valence-electron chi connectivity index (χ1n) is 5.37. The van der Waals surface area contributed by atoms with Gasteiger partial charge in [0.1, 0.15) is 0 Å². The summed E-state index contributed by atoms with van der Waals surface area (Å²) in [6.07, 6.45) is -2.15. The van der Waals surface area contributed by atoms with Crippen LogP contribution in [0.25, 0.3) is 0 Å². The van der Waals surface area contributed by atoms with E-state index in [0.29, 0.717) is 13.0 Å². The fourth-order valence-electron chi connectivity index (χ4n) is 2.02. The van der Waals surface area contributed by atoms with Crippen molar-refractivity contribution in [3.05, 3.63) is 35.4 Å². The summed E-state index contributed by atoms with van der Waals surface area (Å²) < 4.78 is 43.6. The number of alkyl halides is 3. The van der Waals surface area contributed by atoms with Gasteiger partial charge < -0.3 is 4.74 Å². The second-order valence-corrected chi connectivity index (χ2v) is 3.94. The van der Waals surface area contributed by atoms with Gasteiger partial charge >= 0.3 is 6.18 Å². The quantitative estimate of drug-likeness (QED) is 0.709. The average Bonchev–Trinajstić information content (AvgIpc) is 2.29. The monoisotopic (exact) mass is 230 g/mol. The van der Waals surface area contributed by atoms with Crippen LogP contribution in [-0.4, -0.2) is 6.61 Å². The van der Waals surface area contributed by atoms with Gasteiger partial charge in [0.15, 0.2) is 0 Å². The second-order valence-electron chi connectivity index (χ2n) is 3.94. The summed E-state index contributed by atoms with van der Waals surface area (Å²) in [5, 5.41) is 0. The van der Waals surface area contributed by atoms with Gasteiger partial charge in [-0.3, -0.25) is 0 Å². The van der Waals surface area contributed by atoms with Crippen molar-refractivity contribution in [1.29, 1.82) is 0 Å². The van der Waals surface area contributed by atoms with E-state index in [1.807, 2.05) is 0 Å². The third kappa shape index (κ3) is 2.38. The van der Waals surface area contributed by atoms with E-state index in [9.17, 15) is 13.2 Å². The summed E-state index contributed by atoms with van der Waals surface area (Å²) in [5.41, 5.74) is -0.295. The molecule has 0 bridgehead atoms. The highest BCUT2D eigenvalue weighted by atomic mass is 19.4. The fraction of sp³-hybridized carbons (Fsp3) is 0.500. The van der Waals surface area contributed by atoms with Gasteiger partial charge in [-0.1, -0.05) is 18.2 Å². The van der Waals surface area contributed by atoms with Crippen LogP contribution < -0.4 is 0 Å². The first-order chi connectivity index (χ1) is 7.59. The first-order valence-corrected chi connectivity index (χ1v) is 5.37. The topological polar surface area (TPSA) is 9.23 Å². The van der Waals surface area contributed by atoms with Gasteiger partial charge in [-0.05, 0) is 30.9 Å². The molecule has 1 heterocycles. The maximum atomic E-state index is 12.7. The van der Waals surface area contributed by atoms with Crippen LogP contribution in [0.5, 0.6) is 0 Å². The van der Waals surface area contributed by atoms with Crippen molar-refractivity contribution in [1.82, 2.24) is 0 Å². The van der Waals surface area contributed by atoms with E-state index < -0.39 is 17.8 Å². The Morgan fingerprint density at radius 1 is 1.12 bits per heavy atom. The van der Waals surface area contributed by atoms with Crippen molar-refractivity contribution in [3.63, 3.8) is 0 Å². The van der Waals surface area contributed by atoms with E-state index in [0.717, 1.165) is 18.9 Å². The Balaban J connectivity index is 2.32. The summed E-state index contributed by atoms with van der Waals surface area (Å²) in [7, 11) is 0. The molecule has 0 radical (unpaired) electrons. The fourth-order valence-corrected chi connectivity index (χ4v) is 2.02. The van der Waals surface area contributed by atoms with Crippen LogP contribution in [0.15, 0.2) is 24.3 Å². The van der Waals surface area contributed by atoms with Gasteiger partial charge in [0.25, 0.3) is 0 Å². The van der Waals surface area contributed by atoms with Crippen molar-refractivity contribution < 1.29 is 17.9 Å². The zero-order valence-corrected chi connectivity index (χ0v) is 8.76. The summed E-state index contributed by atoms with van der Waals surface area (Å²) in [6, 6.07) is 5.67. The molecular formula is C12H13F3O. The molecule has 1 aliphatic heterocycles. The molecule has 16 heavy (non-hydrogen) atoms. The van der Waals surface area contributed by atoms with Crippen molar-refractivity contribution in [3.8, 4) is 0 Å². The summed E-state index contributed by atoms with van der Waals surface area (Å²) in [5.74, 6) is 0. The van der Waals surface area contributed by atoms with Crippen LogP contribution in [0.4, 0.5) is 13.2 Å². The van der Waals surface area contributed by atoms with Gasteiger partial charge in [0.2, 0.25) is 0 Å². The Morgan fingerprint density at radius 3 is 2.50 bits per heavy atom. The molecule has 1 aromatic rings. The number of ether oxygens (including phenoxy) is 1. The maximum Gasteiger partial charge on any atom is 0.416 e. The normalized spacial score (nSPS) is 22.1. The third-order valence-electron chi connectivity index (χ3n) is 2.79. The molecule has 0 saturated carbocycles. The van der Waals surface area contributed by atoms with Crippen molar-refractivity contribution >= 4 is 0 Å². The van der Waals surface area contributed by atoms with Crippen LogP contribution in [-0.2, 0) is 10.9 Å². The standard InChI is InChI=1S/C12H13F3O/c13-12(14,15)10-6-2-1-5-9(10)11-7-3-4-8-16-11/h1-2,5-6,11H,3-4,7-8H2. The maximum absolute atomic E-state index is 12.7. The molecule has 0 N–H and O–H groups in total. The molecule has 1 fully saturated rings. The minimum atomic E-state index is -4.29. The molecule has 0 aliphatic carbocycles. The van der Waals surface area contributed by atoms with Gasteiger partial charge in [-0.25, -0.2) is 0 Å². The molecule has 1 aliphatic rings. The SMILES string of the molecule is FC(F)(F)c1ccccc1C1CCCCO1. The van der Waals surface area contributed by atoms with Gasteiger partial charge in [0, 0.05) is 6.61 Å². The number of hydrogen-bond donors (Lipinski definition) is 0. The lowest BCUT2D eigenvalue weighted by molar-refractivity contribution is -0.140. The zero-order chi connectivity index (χ0) is 11.6. The van der Waals surface area contributed by atoms with Crippen molar-refractivity contribution in [2.24, 2.45) is 0 Å². The Hall–Kier alpha value is -1.03. The van der Waals surface area contributed by atoms with Crippen LogP contribution in [0.3, 0.4) is 0 Å². The zero-order valence-electron chi connectivity index (χ0n) is 8.76. The molecule has 1 nitrogen and oxygen atoms in total. The largest absolute Gasteiger partial charge is 0.416 e. The predicted octanol–water partition coefficient (Wildman–Crippen LogP) is 3.95. The van der Waals surface area contributed by atoms with Gasteiger partial charge in [-0.15, -0.1) is 0 Å². The molecule has 88 valence electrons. The first kappa shape index (κ1) is 11.5. The van der Waals surface area contributed by atoms with E-state index in [1.165, 1.54) is 12.1 Å². The van der Waals surface area contributed by atoms with Gasteiger partial charge in [-0.2, -0.15) is 13.2 Å². The lowest BCUT2D eigenvalue weighted by Gasteiger charge is -2.25. The number of rotatable bonds is 1. The molecule has 1 atom stereocenters. The molecule has 0 aromatic heterocycles. The molecule has 1 aromatic carbocycles.